The van der Waals surface area contributed by atoms with Crippen LogP contribution in [0.1, 0.15) is 41.3 Å². The van der Waals surface area contributed by atoms with Crippen LogP contribution in [0.15, 0.2) is 35.6 Å². The fourth-order valence-electron chi connectivity index (χ4n) is 4.29. The van der Waals surface area contributed by atoms with Gasteiger partial charge in [-0.2, -0.15) is 5.26 Å². The number of likely N-dealkylation sites (N-methyl/N-ethyl adjacent to an activating group) is 1. The highest BCUT2D eigenvalue weighted by Gasteiger charge is 2.61. The molecule has 1 aromatic heterocycles. The Morgan fingerprint density at radius 2 is 2.10 bits per heavy atom. The van der Waals surface area contributed by atoms with Gasteiger partial charge in [-0.1, -0.05) is 35.0 Å². The Kier molecular flexibility index (Phi) is 4.21. The van der Waals surface area contributed by atoms with Crippen LogP contribution < -0.4 is 10.2 Å². The lowest BCUT2D eigenvalue weighted by molar-refractivity contribution is -0.143. The van der Waals surface area contributed by atoms with Crippen molar-refractivity contribution in [3.8, 4) is 6.07 Å². The Morgan fingerprint density at radius 3 is 2.77 bits per heavy atom. The second kappa shape index (κ2) is 6.80. The van der Waals surface area contributed by atoms with E-state index in [0.717, 1.165) is 35.5 Å². The van der Waals surface area contributed by atoms with Crippen molar-refractivity contribution in [1.82, 2.24) is 15.3 Å². The number of aromatic nitrogens is 2. The first-order valence-electron chi connectivity index (χ1n) is 10.1. The summed E-state index contributed by atoms with van der Waals surface area (Å²) in [6.45, 7) is 2.78. The smallest absolute Gasteiger partial charge is 0.269 e. The molecule has 0 spiro atoms. The molecule has 0 radical (unpaired) electrons. The number of hydrogen-bond acceptors (Lipinski definition) is 7. The molecule has 1 amide bonds. The zero-order valence-electron chi connectivity index (χ0n) is 16.9. The maximum atomic E-state index is 12.9. The van der Waals surface area contributed by atoms with Crippen molar-refractivity contribution in [2.75, 3.05) is 25.0 Å². The van der Waals surface area contributed by atoms with Gasteiger partial charge in [0.05, 0.1) is 24.4 Å². The molecule has 2 atom stereocenters. The molecule has 1 aromatic carbocycles. The fraction of sp³-hybridized carbons (Fsp3) is 0.409. The third kappa shape index (κ3) is 2.81. The number of amides is 1. The summed E-state index contributed by atoms with van der Waals surface area (Å²) in [5.74, 6) is 1.21. The topological polar surface area (TPSA) is 104 Å². The minimum Gasteiger partial charge on any atom is -0.376 e. The molecule has 0 bridgehead atoms. The monoisotopic (exact) mass is 402 g/mol. The summed E-state index contributed by atoms with van der Waals surface area (Å²) in [5, 5.41) is 16.7. The molecule has 8 heteroatoms. The molecule has 2 aromatic rings. The first-order chi connectivity index (χ1) is 14.6. The lowest BCUT2D eigenvalue weighted by atomic mass is 9.84. The number of fused-ring (bicyclic) bond motifs is 1. The van der Waals surface area contributed by atoms with Gasteiger partial charge in [0.1, 0.15) is 23.3 Å². The van der Waals surface area contributed by atoms with Gasteiger partial charge >= 0.3 is 0 Å². The van der Waals surface area contributed by atoms with Gasteiger partial charge in [-0.15, -0.1) is 0 Å². The molecule has 1 saturated carbocycles. The van der Waals surface area contributed by atoms with Crippen LogP contribution in [-0.4, -0.2) is 47.3 Å². The average molecular weight is 402 g/mol. The van der Waals surface area contributed by atoms with Crippen LogP contribution in [0.25, 0.3) is 0 Å². The van der Waals surface area contributed by atoms with E-state index in [1.807, 2.05) is 36.1 Å². The summed E-state index contributed by atoms with van der Waals surface area (Å²) in [6.07, 6.45) is 3.74. The molecule has 1 aliphatic carbocycles. The van der Waals surface area contributed by atoms with E-state index < -0.39 is 5.60 Å². The molecule has 152 valence electrons. The van der Waals surface area contributed by atoms with Gasteiger partial charge in [0.2, 0.25) is 5.60 Å². The van der Waals surface area contributed by atoms with Gasteiger partial charge < -0.3 is 15.1 Å². The number of nitrogens with zero attached hydrogens (tertiary/aromatic N) is 5. The van der Waals surface area contributed by atoms with Crippen molar-refractivity contribution in [1.29, 1.82) is 5.26 Å². The Balaban J connectivity index is 1.53. The quantitative estimate of drug-likeness (QED) is 0.838. The normalized spacial score (nSPS) is 24.6. The standard InChI is InChI=1S/C22H22N6O2/c1-13-3-5-14(6-4-13)18-17-11-28(12-22(17,30-27-18)21(29)24-2)20-16(9-23)10-25-19(26-20)15-7-8-15/h3-6,10,15,17H,7-8,11-12H2,1-2H3,(H,24,29). The molecule has 2 fully saturated rings. The third-order valence-corrected chi connectivity index (χ3v) is 6.14. The predicted octanol–water partition coefficient (Wildman–Crippen LogP) is 1.89. The zero-order chi connectivity index (χ0) is 20.9. The molecule has 30 heavy (non-hydrogen) atoms. The van der Waals surface area contributed by atoms with Gasteiger partial charge in [0, 0.05) is 19.5 Å². The summed E-state index contributed by atoms with van der Waals surface area (Å²) < 4.78 is 0. The van der Waals surface area contributed by atoms with Crippen molar-refractivity contribution in [2.45, 2.75) is 31.3 Å². The largest absolute Gasteiger partial charge is 0.376 e. The Morgan fingerprint density at radius 1 is 1.33 bits per heavy atom. The maximum Gasteiger partial charge on any atom is 0.269 e. The highest BCUT2D eigenvalue weighted by molar-refractivity contribution is 6.08. The molecular formula is C22H22N6O2. The van der Waals surface area contributed by atoms with Gasteiger partial charge in [-0.05, 0) is 25.3 Å². The van der Waals surface area contributed by atoms with Gasteiger partial charge in [-0.25, -0.2) is 9.97 Å². The lowest BCUT2D eigenvalue weighted by Gasteiger charge is -2.24. The van der Waals surface area contributed by atoms with E-state index in [4.69, 9.17) is 9.82 Å². The molecule has 3 aliphatic rings. The molecule has 1 saturated heterocycles. The molecule has 8 nitrogen and oxygen atoms in total. The summed E-state index contributed by atoms with van der Waals surface area (Å²) in [5.41, 5.74) is 2.08. The van der Waals surface area contributed by atoms with Crippen molar-refractivity contribution in [2.24, 2.45) is 11.1 Å². The Labute approximate surface area is 174 Å². The van der Waals surface area contributed by atoms with Crippen LogP contribution >= 0.6 is 0 Å². The Hall–Kier alpha value is -3.47. The maximum absolute atomic E-state index is 12.9. The van der Waals surface area contributed by atoms with Crippen LogP contribution in [-0.2, 0) is 9.63 Å². The lowest BCUT2D eigenvalue weighted by Crippen LogP contribution is -2.52. The number of aryl methyl sites for hydroxylation is 1. The van der Waals surface area contributed by atoms with Gasteiger partial charge in [-0.3, -0.25) is 4.79 Å². The predicted molar refractivity (Wildman–Crippen MR) is 110 cm³/mol. The SMILES string of the molecule is CNC(=O)C12CN(c3nc(C4CC4)ncc3C#N)CC1C(c1ccc(C)cc1)=NO2. The van der Waals surface area contributed by atoms with Crippen LogP contribution in [0, 0.1) is 24.2 Å². The van der Waals surface area contributed by atoms with Gasteiger partial charge in [0.15, 0.2) is 0 Å². The number of carbonyl (C=O) groups is 1. The molecule has 1 N–H and O–H groups in total. The number of nitrogens with one attached hydrogen (secondary N) is 1. The second-order valence-electron chi connectivity index (χ2n) is 8.19. The van der Waals surface area contributed by atoms with E-state index in [2.05, 4.69) is 21.5 Å². The minimum atomic E-state index is -1.15. The van der Waals surface area contributed by atoms with Gasteiger partial charge in [0.25, 0.3) is 5.91 Å². The van der Waals surface area contributed by atoms with E-state index in [1.54, 1.807) is 13.2 Å². The molecule has 3 heterocycles. The van der Waals surface area contributed by atoms with E-state index >= 15 is 0 Å². The average Bonchev–Trinajstić information content (AvgIpc) is 3.46. The van der Waals surface area contributed by atoms with E-state index in [0.29, 0.717) is 23.8 Å². The van der Waals surface area contributed by atoms with Crippen LogP contribution in [0.5, 0.6) is 0 Å². The number of anilines is 1. The zero-order valence-corrected chi connectivity index (χ0v) is 16.9. The van der Waals surface area contributed by atoms with E-state index in [1.165, 1.54) is 0 Å². The number of hydrogen-bond donors (Lipinski definition) is 1. The number of nitriles is 1. The molecular weight excluding hydrogens is 380 g/mol. The molecule has 5 rings (SSSR count). The Bertz CT molecular complexity index is 1090. The van der Waals surface area contributed by atoms with Crippen LogP contribution in [0.4, 0.5) is 5.82 Å². The highest BCUT2D eigenvalue weighted by Crippen LogP contribution is 2.43. The molecule has 2 unspecified atom stereocenters. The van der Waals surface area contributed by atoms with Crippen molar-refractivity contribution < 1.29 is 9.63 Å². The first-order valence-corrected chi connectivity index (χ1v) is 10.1. The first kappa shape index (κ1) is 18.6. The summed E-state index contributed by atoms with van der Waals surface area (Å²) in [6, 6.07) is 10.2. The number of oxime groups is 1. The summed E-state index contributed by atoms with van der Waals surface area (Å²) in [4.78, 5) is 29.8. The number of rotatable bonds is 4. The van der Waals surface area contributed by atoms with E-state index in [9.17, 15) is 10.1 Å². The second-order valence-corrected chi connectivity index (χ2v) is 8.19. The van der Waals surface area contributed by atoms with Crippen LogP contribution in [0.3, 0.4) is 0 Å². The number of benzene rings is 1. The van der Waals surface area contributed by atoms with Crippen molar-refractivity contribution in [3.63, 3.8) is 0 Å². The van der Waals surface area contributed by atoms with Crippen molar-refractivity contribution in [3.05, 3.63) is 53.0 Å². The molecule has 2 aliphatic heterocycles. The number of carbonyl (C=O) groups excluding carboxylic acids is 1. The third-order valence-electron chi connectivity index (χ3n) is 6.14. The summed E-state index contributed by atoms with van der Waals surface area (Å²) >= 11 is 0. The minimum absolute atomic E-state index is 0.226. The van der Waals surface area contributed by atoms with E-state index in [-0.39, 0.29) is 18.4 Å². The van der Waals surface area contributed by atoms with Crippen molar-refractivity contribution >= 4 is 17.4 Å². The highest BCUT2D eigenvalue weighted by atomic mass is 16.7. The van der Waals surface area contributed by atoms with Crippen LogP contribution in [0.2, 0.25) is 0 Å². The summed E-state index contributed by atoms with van der Waals surface area (Å²) in [7, 11) is 1.60. The fourth-order valence-corrected chi connectivity index (χ4v) is 4.29.